The van der Waals surface area contributed by atoms with E-state index in [1.165, 1.54) is 0 Å². The number of likely N-dealkylation sites (tertiary alicyclic amines) is 1. The van der Waals surface area contributed by atoms with Crippen molar-refractivity contribution >= 4 is 11.9 Å². The zero-order chi connectivity index (χ0) is 20.3. The number of likely N-dealkylation sites (N-methyl/N-ethyl adjacent to an activating group) is 1. The van der Waals surface area contributed by atoms with E-state index < -0.39 is 17.4 Å². The third kappa shape index (κ3) is 3.80. The molecular formula is C21H27N3O4. The van der Waals surface area contributed by atoms with Crippen LogP contribution < -0.4 is 5.32 Å². The van der Waals surface area contributed by atoms with Crippen molar-refractivity contribution in [1.82, 2.24) is 15.2 Å². The molecule has 3 rings (SSSR count). The Morgan fingerprint density at radius 1 is 1.43 bits per heavy atom. The molecule has 1 amide bonds. The molecule has 1 aliphatic heterocycles. The Morgan fingerprint density at radius 2 is 2.21 bits per heavy atom. The number of carboxylic acid groups (broad SMARTS) is 1. The molecular weight excluding hydrogens is 358 g/mol. The van der Waals surface area contributed by atoms with Gasteiger partial charge in [0.25, 0.3) is 0 Å². The number of aliphatic carboxylic acids is 1. The highest BCUT2D eigenvalue weighted by Crippen LogP contribution is 2.48. The molecule has 2 N–H and O–H groups in total. The third-order valence-corrected chi connectivity index (χ3v) is 5.58. The average Bonchev–Trinajstić information content (AvgIpc) is 3.27. The monoisotopic (exact) mass is 385 g/mol. The molecule has 1 aliphatic rings. The first-order valence-electron chi connectivity index (χ1n) is 9.50. The van der Waals surface area contributed by atoms with Crippen LogP contribution in [-0.4, -0.2) is 39.5 Å². The summed E-state index contributed by atoms with van der Waals surface area (Å²) in [5.41, 5.74) is 0.622. The number of furan rings is 1. The molecule has 0 unspecified atom stereocenters. The lowest BCUT2D eigenvalue weighted by Crippen LogP contribution is -2.50. The number of carbonyl (C=O) groups is 2. The number of pyridine rings is 1. The van der Waals surface area contributed by atoms with Crippen LogP contribution in [0.5, 0.6) is 0 Å². The van der Waals surface area contributed by atoms with Gasteiger partial charge in [0.05, 0.1) is 18.4 Å². The number of nitrogens with zero attached hydrogens (tertiary/aromatic N) is 2. The third-order valence-electron chi connectivity index (χ3n) is 5.58. The lowest BCUT2D eigenvalue weighted by atomic mass is 9.83. The topological polar surface area (TPSA) is 95.7 Å². The van der Waals surface area contributed by atoms with Gasteiger partial charge < -0.3 is 14.8 Å². The number of amides is 1. The predicted octanol–water partition coefficient (Wildman–Crippen LogP) is 2.85. The van der Waals surface area contributed by atoms with E-state index >= 15 is 0 Å². The molecule has 2 aromatic heterocycles. The summed E-state index contributed by atoms with van der Waals surface area (Å²) in [5, 5.41) is 13.1. The second kappa shape index (κ2) is 8.14. The van der Waals surface area contributed by atoms with Crippen LogP contribution in [0.25, 0.3) is 0 Å². The minimum atomic E-state index is -1.09. The van der Waals surface area contributed by atoms with Crippen LogP contribution in [-0.2, 0) is 16.1 Å². The van der Waals surface area contributed by atoms with Gasteiger partial charge in [-0.15, -0.1) is 0 Å². The Balaban J connectivity index is 1.92. The van der Waals surface area contributed by atoms with Crippen LogP contribution in [0.15, 0.2) is 47.5 Å². The molecule has 7 heteroatoms. The van der Waals surface area contributed by atoms with Crippen molar-refractivity contribution in [2.24, 2.45) is 11.8 Å². The molecule has 0 radical (unpaired) electrons. The van der Waals surface area contributed by atoms with Gasteiger partial charge in [0.1, 0.15) is 5.54 Å². The zero-order valence-electron chi connectivity index (χ0n) is 16.5. The van der Waals surface area contributed by atoms with Crippen molar-refractivity contribution in [1.29, 1.82) is 0 Å². The minimum absolute atomic E-state index is 0.159. The first-order valence-corrected chi connectivity index (χ1v) is 9.50. The lowest BCUT2D eigenvalue weighted by Gasteiger charge is -2.36. The van der Waals surface area contributed by atoms with Gasteiger partial charge in [0.15, 0.2) is 0 Å². The first kappa shape index (κ1) is 20.1. The van der Waals surface area contributed by atoms with Crippen LogP contribution in [0.2, 0.25) is 0 Å². The van der Waals surface area contributed by atoms with Gasteiger partial charge in [-0.05, 0) is 43.5 Å². The van der Waals surface area contributed by atoms with Gasteiger partial charge in [0.2, 0.25) is 5.91 Å². The van der Waals surface area contributed by atoms with Gasteiger partial charge in [-0.25, -0.2) is 0 Å². The van der Waals surface area contributed by atoms with Gasteiger partial charge >= 0.3 is 5.97 Å². The van der Waals surface area contributed by atoms with Crippen molar-refractivity contribution in [3.63, 3.8) is 0 Å². The van der Waals surface area contributed by atoms with E-state index in [4.69, 9.17) is 4.42 Å². The van der Waals surface area contributed by atoms with Gasteiger partial charge in [-0.2, -0.15) is 0 Å². The van der Waals surface area contributed by atoms with Crippen molar-refractivity contribution in [2.75, 3.05) is 7.05 Å². The average molecular weight is 385 g/mol. The summed E-state index contributed by atoms with van der Waals surface area (Å²) in [5.74, 6) is -1.35. The quantitative estimate of drug-likeness (QED) is 0.761. The standard InChI is InChI=1S/C21H27N3O4/c1-14(2)9-21(20(26)27)10-17(19(25)23-11-15-6-8-28-13-15)18(24(21)3)16-5-4-7-22-12-16/h4-8,12-14,17-18H,9-11H2,1-3H3,(H,23,25)(H,26,27)/t17-,18-,21-/m1/s1. The maximum absolute atomic E-state index is 13.1. The van der Waals surface area contributed by atoms with E-state index in [0.29, 0.717) is 13.0 Å². The summed E-state index contributed by atoms with van der Waals surface area (Å²) in [4.78, 5) is 31.5. The zero-order valence-corrected chi connectivity index (χ0v) is 16.5. The molecule has 0 spiro atoms. The van der Waals surface area contributed by atoms with E-state index in [1.807, 2.05) is 30.9 Å². The molecule has 0 saturated carbocycles. The van der Waals surface area contributed by atoms with Crippen LogP contribution in [0.3, 0.4) is 0 Å². The summed E-state index contributed by atoms with van der Waals surface area (Å²) < 4.78 is 5.04. The van der Waals surface area contributed by atoms with Crippen molar-refractivity contribution < 1.29 is 19.1 Å². The summed E-state index contributed by atoms with van der Waals surface area (Å²) in [7, 11) is 1.80. The van der Waals surface area contributed by atoms with E-state index in [-0.39, 0.29) is 24.3 Å². The fourth-order valence-electron chi connectivity index (χ4n) is 4.34. The molecule has 28 heavy (non-hydrogen) atoms. The van der Waals surface area contributed by atoms with Crippen molar-refractivity contribution in [2.45, 2.75) is 44.8 Å². The number of hydrogen-bond donors (Lipinski definition) is 2. The largest absolute Gasteiger partial charge is 0.480 e. The smallest absolute Gasteiger partial charge is 0.324 e. The molecule has 0 aliphatic carbocycles. The molecule has 1 saturated heterocycles. The number of aromatic nitrogens is 1. The number of nitrogens with one attached hydrogen (secondary N) is 1. The van der Waals surface area contributed by atoms with Gasteiger partial charge in [-0.3, -0.25) is 19.5 Å². The molecule has 0 aromatic carbocycles. The van der Waals surface area contributed by atoms with E-state index in [0.717, 1.165) is 11.1 Å². The first-order chi connectivity index (χ1) is 13.3. The van der Waals surface area contributed by atoms with Gasteiger partial charge in [-0.1, -0.05) is 19.9 Å². The minimum Gasteiger partial charge on any atom is -0.480 e. The maximum Gasteiger partial charge on any atom is 0.324 e. The lowest BCUT2D eigenvalue weighted by molar-refractivity contribution is -0.151. The van der Waals surface area contributed by atoms with Crippen molar-refractivity contribution in [3.05, 3.63) is 54.2 Å². The summed E-state index contributed by atoms with van der Waals surface area (Å²) in [6.07, 6.45) is 7.26. The number of carbonyl (C=O) groups excluding carboxylic acids is 1. The Kier molecular flexibility index (Phi) is 5.84. The SMILES string of the molecule is CC(C)C[C@]1(C(=O)O)C[C@@H](C(=O)NCc2ccoc2)[C@@H](c2cccnc2)N1C. The second-order valence-electron chi connectivity index (χ2n) is 7.94. The number of hydrogen-bond acceptors (Lipinski definition) is 5. The normalized spacial score (nSPS) is 25.1. The van der Waals surface area contributed by atoms with Crippen LogP contribution in [0.1, 0.15) is 43.9 Å². The summed E-state index contributed by atoms with van der Waals surface area (Å²) >= 11 is 0. The fourth-order valence-corrected chi connectivity index (χ4v) is 4.34. The Hall–Kier alpha value is -2.67. The Labute approximate surface area is 164 Å². The number of rotatable bonds is 7. The highest BCUT2D eigenvalue weighted by Gasteiger charge is 2.57. The van der Waals surface area contributed by atoms with Crippen LogP contribution >= 0.6 is 0 Å². The Bertz CT molecular complexity index is 806. The molecule has 2 aromatic rings. The van der Waals surface area contributed by atoms with Crippen LogP contribution in [0, 0.1) is 11.8 Å². The predicted molar refractivity (Wildman–Crippen MR) is 103 cm³/mol. The Morgan fingerprint density at radius 3 is 2.79 bits per heavy atom. The highest BCUT2D eigenvalue weighted by atomic mass is 16.4. The summed E-state index contributed by atoms with van der Waals surface area (Å²) in [6, 6.07) is 5.15. The molecule has 7 nitrogen and oxygen atoms in total. The summed E-state index contributed by atoms with van der Waals surface area (Å²) in [6.45, 7) is 4.35. The molecule has 0 bridgehead atoms. The van der Waals surface area contributed by atoms with E-state index in [2.05, 4.69) is 10.3 Å². The molecule has 150 valence electrons. The fraction of sp³-hybridized carbons (Fsp3) is 0.476. The van der Waals surface area contributed by atoms with E-state index in [9.17, 15) is 14.7 Å². The van der Waals surface area contributed by atoms with E-state index in [1.54, 1.807) is 38.0 Å². The number of carboxylic acids is 1. The van der Waals surface area contributed by atoms with Gasteiger partial charge in [0, 0.05) is 30.5 Å². The second-order valence-corrected chi connectivity index (χ2v) is 7.94. The molecule has 3 heterocycles. The highest BCUT2D eigenvalue weighted by molar-refractivity contribution is 5.85. The maximum atomic E-state index is 13.1. The van der Waals surface area contributed by atoms with Crippen LogP contribution in [0.4, 0.5) is 0 Å². The van der Waals surface area contributed by atoms with Crippen molar-refractivity contribution in [3.8, 4) is 0 Å². The molecule has 1 fully saturated rings. The molecule has 3 atom stereocenters.